The first-order valence-electron chi connectivity index (χ1n) is 13.2. The standard InChI is InChI=1S/C28H35N9O2/c1-6-15-35-26(39)22-18-30-27(32-25(22)37(35)23-11-12-24(38)36(33-23)19(2)3)31-20-7-9-21(10-8-20)34-16-13-28(4,29-5)14-17-34/h6-12,18-19,29H,1,13-17H2,2-5H3,(H,30,31,32). The number of piperidine rings is 1. The van der Waals surface area contributed by atoms with Gasteiger partial charge in [0.25, 0.3) is 11.1 Å². The van der Waals surface area contributed by atoms with Gasteiger partial charge in [-0.05, 0) is 71.0 Å². The molecule has 1 saturated heterocycles. The van der Waals surface area contributed by atoms with Crippen molar-refractivity contribution < 1.29 is 0 Å². The van der Waals surface area contributed by atoms with E-state index in [9.17, 15) is 9.59 Å². The van der Waals surface area contributed by atoms with Crippen molar-refractivity contribution in [2.45, 2.75) is 51.7 Å². The zero-order chi connectivity index (χ0) is 27.7. The quantitative estimate of drug-likeness (QED) is 0.335. The van der Waals surface area contributed by atoms with E-state index in [2.05, 4.69) is 56.2 Å². The van der Waals surface area contributed by atoms with Crippen LogP contribution in [0, 0.1) is 0 Å². The SMILES string of the molecule is C=CCn1c(=O)c2cnc(Nc3ccc(N4CCC(C)(NC)CC4)cc3)nc2n1-c1ccc(=O)n(C(C)C)n1. The van der Waals surface area contributed by atoms with Crippen LogP contribution in [0.4, 0.5) is 17.3 Å². The average Bonchev–Trinajstić information content (AvgIpc) is 3.20. The number of nitrogens with zero attached hydrogens (tertiary/aromatic N) is 7. The second-order valence-electron chi connectivity index (χ2n) is 10.5. The molecule has 1 aliphatic rings. The van der Waals surface area contributed by atoms with Crippen LogP contribution in [-0.2, 0) is 6.54 Å². The molecule has 5 rings (SSSR count). The van der Waals surface area contributed by atoms with Gasteiger partial charge in [-0.25, -0.2) is 19.0 Å². The zero-order valence-electron chi connectivity index (χ0n) is 22.9. The smallest absolute Gasteiger partial charge is 0.278 e. The number of hydrogen-bond acceptors (Lipinski definition) is 8. The van der Waals surface area contributed by atoms with Crippen molar-refractivity contribution in [3.05, 3.63) is 76.0 Å². The molecule has 11 heteroatoms. The summed E-state index contributed by atoms with van der Waals surface area (Å²) >= 11 is 0. The van der Waals surface area contributed by atoms with E-state index in [0.29, 0.717) is 22.8 Å². The van der Waals surface area contributed by atoms with Crippen LogP contribution in [0.15, 0.2) is 64.8 Å². The van der Waals surface area contributed by atoms with E-state index in [1.54, 1.807) is 16.8 Å². The zero-order valence-corrected chi connectivity index (χ0v) is 22.9. The number of aromatic nitrogens is 6. The van der Waals surface area contributed by atoms with Crippen LogP contribution >= 0.6 is 0 Å². The van der Waals surface area contributed by atoms with Crippen molar-refractivity contribution in [3.63, 3.8) is 0 Å². The van der Waals surface area contributed by atoms with E-state index in [0.717, 1.165) is 31.6 Å². The molecule has 0 saturated carbocycles. The van der Waals surface area contributed by atoms with Gasteiger partial charge >= 0.3 is 0 Å². The highest BCUT2D eigenvalue weighted by Crippen LogP contribution is 2.27. The van der Waals surface area contributed by atoms with Crippen LogP contribution in [0.25, 0.3) is 16.9 Å². The fourth-order valence-corrected chi connectivity index (χ4v) is 4.90. The fourth-order valence-electron chi connectivity index (χ4n) is 4.90. The van der Waals surface area contributed by atoms with Crippen LogP contribution in [0.3, 0.4) is 0 Å². The largest absolute Gasteiger partial charge is 0.371 e. The summed E-state index contributed by atoms with van der Waals surface area (Å²) in [6, 6.07) is 11.1. The first kappa shape index (κ1) is 26.4. The molecule has 1 fully saturated rings. The Morgan fingerprint density at radius 2 is 1.82 bits per heavy atom. The van der Waals surface area contributed by atoms with E-state index in [1.807, 2.05) is 33.0 Å². The Hall–Kier alpha value is -4.25. The molecule has 1 aliphatic heterocycles. The predicted octanol–water partition coefficient (Wildman–Crippen LogP) is 3.23. The summed E-state index contributed by atoms with van der Waals surface area (Å²) in [6.07, 6.45) is 5.33. The normalized spacial score (nSPS) is 15.2. The Bertz CT molecular complexity index is 1610. The van der Waals surface area contributed by atoms with E-state index in [4.69, 9.17) is 0 Å². The summed E-state index contributed by atoms with van der Waals surface area (Å²) < 4.78 is 4.48. The predicted molar refractivity (Wildman–Crippen MR) is 154 cm³/mol. The molecular formula is C28H35N9O2. The lowest BCUT2D eigenvalue weighted by Crippen LogP contribution is -2.50. The summed E-state index contributed by atoms with van der Waals surface area (Å²) in [6.45, 7) is 12.1. The molecule has 4 aromatic rings. The van der Waals surface area contributed by atoms with Gasteiger partial charge in [0.05, 0.1) is 12.6 Å². The maximum Gasteiger partial charge on any atom is 0.278 e. The highest BCUT2D eigenvalue weighted by Gasteiger charge is 2.28. The van der Waals surface area contributed by atoms with Crippen molar-refractivity contribution in [1.82, 2.24) is 34.4 Å². The van der Waals surface area contributed by atoms with Gasteiger partial charge in [-0.1, -0.05) is 6.08 Å². The third kappa shape index (κ3) is 5.09. The van der Waals surface area contributed by atoms with Crippen molar-refractivity contribution in [2.75, 3.05) is 30.4 Å². The molecule has 0 aliphatic carbocycles. The monoisotopic (exact) mass is 529 g/mol. The number of anilines is 3. The molecular weight excluding hydrogens is 494 g/mol. The molecule has 0 unspecified atom stereocenters. The van der Waals surface area contributed by atoms with Crippen molar-refractivity contribution in [2.24, 2.45) is 0 Å². The number of allylic oxidation sites excluding steroid dienone is 1. The maximum absolute atomic E-state index is 13.2. The number of rotatable bonds is 8. The Balaban J connectivity index is 1.46. The van der Waals surface area contributed by atoms with Gasteiger partial charge in [-0.3, -0.25) is 9.59 Å². The first-order valence-corrected chi connectivity index (χ1v) is 13.2. The number of benzene rings is 1. The van der Waals surface area contributed by atoms with Crippen LogP contribution in [0.2, 0.25) is 0 Å². The lowest BCUT2D eigenvalue weighted by Gasteiger charge is -2.40. The van der Waals surface area contributed by atoms with Crippen LogP contribution in [-0.4, -0.2) is 54.8 Å². The van der Waals surface area contributed by atoms with E-state index < -0.39 is 0 Å². The van der Waals surface area contributed by atoms with E-state index in [-0.39, 0.29) is 29.2 Å². The molecule has 4 heterocycles. The molecule has 3 aromatic heterocycles. The van der Waals surface area contributed by atoms with Gasteiger partial charge < -0.3 is 15.5 Å². The van der Waals surface area contributed by atoms with Gasteiger partial charge in [0.1, 0.15) is 5.39 Å². The van der Waals surface area contributed by atoms with Gasteiger partial charge in [0, 0.05) is 42.3 Å². The highest BCUT2D eigenvalue weighted by atomic mass is 16.1. The van der Waals surface area contributed by atoms with Gasteiger partial charge in [0.2, 0.25) is 5.95 Å². The van der Waals surface area contributed by atoms with Crippen LogP contribution in [0.1, 0.15) is 39.7 Å². The van der Waals surface area contributed by atoms with Gasteiger partial charge in [-0.2, -0.15) is 4.98 Å². The first-order chi connectivity index (χ1) is 18.7. The molecule has 204 valence electrons. The van der Waals surface area contributed by atoms with Crippen LogP contribution < -0.4 is 26.7 Å². The number of fused-ring (bicyclic) bond motifs is 1. The van der Waals surface area contributed by atoms with Gasteiger partial charge in [-0.15, -0.1) is 11.7 Å². The van der Waals surface area contributed by atoms with Crippen molar-refractivity contribution in [1.29, 1.82) is 0 Å². The second-order valence-corrected chi connectivity index (χ2v) is 10.5. The fraction of sp³-hybridized carbons (Fsp3) is 0.393. The highest BCUT2D eigenvalue weighted by molar-refractivity contribution is 5.77. The summed E-state index contributed by atoms with van der Waals surface area (Å²) in [7, 11) is 2.03. The van der Waals surface area contributed by atoms with Crippen molar-refractivity contribution in [3.8, 4) is 5.82 Å². The molecule has 0 spiro atoms. The van der Waals surface area contributed by atoms with Crippen LogP contribution in [0.5, 0.6) is 0 Å². The number of hydrogen-bond donors (Lipinski definition) is 2. The molecule has 1 aromatic carbocycles. The Labute approximate surface area is 226 Å². The third-order valence-corrected chi connectivity index (χ3v) is 7.45. The number of nitrogens with one attached hydrogen (secondary N) is 2. The molecule has 39 heavy (non-hydrogen) atoms. The third-order valence-electron chi connectivity index (χ3n) is 7.45. The second kappa shape index (κ2) is 10.5. The molecule has 2 N–H and O–H groups in total. The molecule has 0 radical (unpaired) electrons. The minimum Gasteiger partial charge on any atom is -0.371 e. The molecule has 11 nitrogen and oxygen atoms in total. The minimum atomic E-state index is -0.263. The maximum atomic E-state index is 13.2. The topological polar surface area (TPSA) is 115 Å². The minimum absolute atomic E-state index is 0.147. The summed E-state index contributed by atoms with van der Waals surface area (Å²) in [5, 5.41) is 11.6. The Kier molecular flexibility index (Phi) is 7.09. The average molecular weight is 530 g/mol. The Morgan fingerprint density at radius 3 is 2.46 bits per heavy atom. The Morgan fingerprint density at radius 1 is 1.10 bits per heavy atom. The molecule has 0 bridgehead atoms. The van der Waals surface area contributed by atoms with E-state index >= 15 is 0 Å². The van der Waals surface area contributed by atoms with Gasteiger partial charge in [0.15, 0.2) is 11.5 Å². The van der Waals surface area contributed by atoms with Crippen molar-refractivity contribution >= 4 is 28.4 Å². The summed E-state index contributed by atoms with van der Waals surface area (Å²) in [4.78, 5) is 37.0. The molecule has 0 amide bonds. The lowest BCUT2D eigenvalue weighted by molar-refractivity contribution is 0.305. The summed E-state index contributed by atoms with van der Waals surface area (Å²) in [5.41, 5.74) is 2.11. The van der Waals surface area contributed by atoms with E-state index in [1.165, 1.54) is 27.3 Å². The molecule has 0 atom stereocenters. The lowest BCUT2D eigenvalue weighted by atomic mass is 9.89. The summed E-state index contributed by atoms with van der Waals surface area (Å²) in [5.74, 6) is 0.752.